The molecule has 1 saturated heterocycles. The molecule has 9 nitrogen and oxygen atoms in total. The first-order valence-corrected chi connectivity index (χ1v) is 13.1. The maximum atomic E-state index is 13.3. The second-order valence-corrected chi connectivity index (χ2v) is 10.0. The summed E-state index contributed by atoms with van der Waals surface area (Å²) >= 11 is 0. The van der Waals surface area contributed by atoms with Gasteiger partial charge in [0, 0.05) is 48.9 Å². The fraction of sp³-hybridized carbons (Fsp3) is 0.233. The van der Waals surface area contributed by atoms with E-state index < -0.39 is 10.8 Å². The topological polar surface area (TPSA) is 106 Å². The van der Waals surface area contributed by atoms with Crippen LogP contribution in [-0.2, 0) is 17.9 Å². The Bertz CT molecular complexity index is 1520. The lowest BCUT2D eigenvalue weighted by molar-refractivity contribution is -0.384. The molecule has 1 amide bonds. The van der Waals surface area contributed by atoms with E-state index >= 15 is 0 Å². The van der Waals surface area contributed by atoms with Crippen LogP contribution in [0.2, 0.25) is 0 Å². The summed E-state index contributed by atoms with van der Waals surface area (Å²) in [6.07, 6.45) is 7.90. The predicted octanol–water partition coefficient (Wildman–Crippen LogP) is 5.29. The summed E-state index contributed by atoms with van der Waals surface area (Å²) in [7, 11) is 0. The molecule has 0 saturated carbocycles. The highest BCUT2D eigenvalue weighted by molar-refractivity contribution is 6.24. The van der Waals surface area contributed by atoms with Crippen LogP contribution in [0.25, 0.3) is 0 Å². The van der Waals surface area contributed by atoms with Gasteiger partial charge in [-0.3, -0.25) is 24.8 Å². The van der Waals surface area contributed by atoms with Crippen LogP contribution < -0.4 is 5.32 Å². The van der Waals surface area contributed by atoms with Crippen molar-refractivity contribution >= 4 is 28.7 Å². The van der Waals surface area contributed by atoms with Crippen molar-refractivity contribution in [2.24, 2.45) is 4.99 Å². The first-order valence-electron chi connectivity index (χ1n) is 13.1. The number of amides is 1. The molecule has 39 heavy (non-hydrogen) atoms. The molecule has 9 heteroatoms. The molecular weight excluding hydrogens is 492 g/mol. The molecule has 0 aliphatic carbocycles. The number of fused-ring (bicyclic) bond motifs is 1. The predicted molar refractivity (Wildman–Crippen MR) is 149 cm³/mol. The molecule has 6 rings (SSSR count). The summed E-state index contributed by atoms with van der Waals surface area (Å²) < 4.78 is 1.98. The molecule has 1 atom stereocenters. The summed E-state index contributed by atoms with van der Waals surface area (Å²) in [5.41, 5.74) is 5.43. The fourth-order valence-electron chi connectivity index (χ4n) is 5.32. The van der Waals surface area contributed by atoms with Crippen molar-refractivity contribution in [1.82, 2.24) is 14.5 Å². The highest BCUT2D eigenvalue weighted by Crippen LogP contribution is 2.38. The van der Waals surface area contributed by atoms with E-state index in [0.717, 1.165) is 36.4 Å². The van der Waals surface area contributed by atoms with Crippen LogP contribution in [0, 0.1) is 10.1 Å². The zero-order chi connectivity index (χ0) is 26.8. The molecule has 1 unspecified atom stereocenters. The van der Waals surface area contributed by atoms with Crippen molar-refractivity contribution in [3.05, 3.63) is 118 Å². The van der Waals surface area contributed by atoms with Crippen molar-refractivity contribution < 1.29 is 9.72 Å². The average Bonchev–Trinajstić information content (AvgIpc) is 3.70. The minimum Gasteiger partial charge on any atom is -0.333 e. The lowest BCUT2D eigenvalue weighted by Crippen LogP contribution is -2.22. The zero-order valence-electron chi connectivity index (χ0n) is 21.4. The Balaban J connectivity index is 1.36. The number of carbonyl (C=O) groups is 1. The number of rotatable bonds is 8. The molecule has 3 heterocycles. The van der Waals surface area contributed by atoms with Gasteiger partial charge in [-0.15, -0.1) is 0 Å². The average molecular weight is 521 g/mol. The monoisotopic (exact) mass is 520 g/mol. The summed E-state index contributed by atoms with van der Waals surface area (Å²) in [5.74, 6) is -1.03. The van der Waals surface area contributed by atoms with Gasteiger partial charge in [-0.1, -0.05) is 36.4 Å². The number of imidazole rings is 1. The van der Waals surface area contributed by atoms with E-state index in [2.05, 4.69) is 27.3 Å². The van der Waals surface area contributed by atoms with Gasteiger partial charge < -0.3 is 9.88 Å². The maximum Gasteiger partial charge on any atom is 0.269 e. The van der Waals surface area contributed by atoms with Gasteiger partial charge in [0.2, 0.25) is 5.91 Å². The maximum absolute atomic E-state index is 13.3. The fourth-order valence-corrected chi connectivity index (χ4v) is 5.32. The van der Waals surface area contributed by atoms with Gasteiger partial charge in [-0.05, 0) is 60.8 Å². The normalized spacial score (nSPS) is 17.3. The molecule has 1 fully saturated rings. The van der Waals surface area contributed by atoms with Gasteiger partial charge in [0.1, 0.15) is 5.92 Å². The Morgan fingerprint density at radius 1 is 1.00 bits per heavy atom. The van der Waals surface area contributed by atoms with E-state index in [1.54, 1.807) is 18.6 Å². The zero-order valence-corrected chi connectivity index (χ0v) is 21.4. The van der Waals surface area contributed by atoms with Gasteiger partial charge in [-0.2, -0.15) is 0 Å². The third-order valence-electron chi connectivity index (χ3n) is 7.32. The first kappa shape index (κ1) is 24.7. The minimum atomic E-state index is -0.774. The van der Waals surface area contributed by atoms with Crippen LogP contribution in [0.1, 0.15) is 41.0 Å². The quantitative estimate of drug-likeness (QED) is 0.193. The lowest BCUT2D eigenvalue weighted by atomic mass is 9.90. The number of aliphatic imine (C=N–C) groups is 1. The minimum absolute atomic E-state index is 0.0588. The number of benzene rings is 3. The van der Waals surface area contributed by atoms with Gasteiger partial charge in [0.05, 0.1) is 22.6 Å². The van der Waals surface area contributed by atoms with Crippen molar-refractivity contribution in [1.29, 1.82) is 0 Å². The van der Waals surface area contributed by atoms with E-state index in [9.17, 15) is 14.9 Å². The summed E-state index contributed by atoms with van der Waals surface area (Å²) in [6.45, 7) is 3.84. The standard InChI is InChI=1S/C30H28N6O3/c37-30-28(26-17-25(36(38)39)11-12-27(26)33-30)29(23-7-3-21(4-8-23)19-35-16-13-31-20-35)32-24-9-5-22(6-10-24)18-34-14-1-2-15-34/h3-13,16-17,20,28H,1-2,14-15,18-19H2,(H,33,37). The van der Waals surface area contributed by atoms with E-state index in [1.165, 1.54) is 30.5 Å². The van der Waals surface area contributed by atoms with Crippen LogP contribution in [0.3, 0.4) is 0 Å². The van der Waals surface area contributed by atoms with Crippen LogP contribution >= 0.6 is 0 Å². The molecule has 0 bridgehead atoms. The number of aromatic nitrogens is 2. The molecular formula is C30H28N6O3. The number of hydrogen-bond donors (Lipinski definition) is 1. The molecule has 0 radical (unpaired) electrons. The highest BCUT2D eigenvalue weighted by atomic mass is 16.6. The highest BCUT2D eigenvalue weighted by Gasteiger charge is 2.36. The summed E-state index contributed by atoms with van der Waals surface area (Å²) in [6, 6.07) is 20.5. The second-order valence-electron chi connectivity index (χ2n) is 10.0. The van der Waals surface area contributed by atoms with E-state index in [0.29, 0.717) is 23.5 Å². The van der Waals surface area contributed by atoms with E-state index in [-0.39, 0.29) is 11.6 Å². The molecule has 3 aromatic carbocycles. The van der Waals surface area contributed by atoms with Crippen molar-refractivity contribution in [2.75, 3.05) is 18.4 Å². The van der Waals surface area contributed by atoms with Crippen molar-refractivity contribution in [2.45, 2.75) is 31.8 Å². The molecule has 2 aliphatic heterocycles. The Kier molecular flexibility index (Phi) is 6.73. The number of likely N-dealkylation sites (tertiary alicyclic amines) is 1. The number of anilines is 1. The van der Waals surface area contributed by atoms with Crippen molar-refractivity contribution in [3.63, 3.8) is 0 Å². The van der Waals surface area contributed by atoms with Gasteiger partial charge in [0.25, 0.3) is 5.69 Å². The molecule has 196 valence electrons. The lowest BCUT2D eigenvalue weighted by Gasteiger charge is -2.16. The molecule has 1 N–H and O–H groups in total. The van der Waals surface area contributed by atoms with Crippen molar-refractivity contribution in [3.8, 4) is 0 Å². The van der Waals surface area contributed by atoms with Crippen LogP contribution in [-0.4, -0.2) is 44.1 Å². The number of nitro groups is 1. The number of hydrogen-bond acceptors (Lipinski definition) is 6. The first-order chi connectivity index (χ1) is 19.0. The Labute approximate surface area is 226 Å². The molecule has 1 aromatic heterocycles. The Morgan fingerprint density at radius 2 is 1.72 bits per heavy atom. The summed E-state index contributed by atoms with van der Waals surface area (Å²) in [5, 5.41) is 14.4. The number of nitro benzene ring substituents is 1. The van der Waals surface area contributed by atoms with Crippen LogP contribution in [0.4, 0.5) is 17.1 Å². The summed E-state index contributed by atoms with van der Waals surface area (Å²) in [4.78, 5) is 35.8. The Hall–Kier alpha value is -4.63. The third-order valence-corrected chi connectivity index (χ3v) is 7.32. The van der Waals surface area contributed by atoms with Gasteiger partial charge >= 0.3 is 0 Å². The van der Waals surface area contributed by atoms with Crippen LogP contribution in [0.5, 0.6) is 0 Å². The van der Waals surface area contributed by atoms with Crippen LogP contribution in [0.15, 0.2) is 90.4 Å². The number of non-ortho nitro benzene ring substituents is 1. The number of nitrogens with one attached hydrogen (secondary N) is 1. The molecule has 0 spiro atoms. The number of nitrogens with zero attached hydrogens (tertiary/aromatic N) is 5. The third kappa shape index (κ3) is 5.35. The van der Waals surface area contributed by atoms with Gasteiger partial charge in [0.15, 0.2) is 0 Å². The van der Waals surface area contributed by atoms with Gasteiger partial charge in [-0.25, -0.2) is 4.98 Å². The SMILES string of the molecule is O=C1Nc2ccc([N+](=O)[O-])cc2C1C(=Nc1ccc(CN2CCCC2)cc1)c1ccc(Cn2ccnc2)cc1. The second kappa shape index (κ2) is 10.6. The molecule has 2 aliphatic rings. The largest absolute Gasteiger partial charge is 0.333 e. The number of carbonyl (C=O) groups excluding carboxylic acids is 1. The Morgan fingerprint density at radius 3 is 2.41 bits per heavy atom. The smallest absolute Gasteiger partial charge is 0.269 e. The molecule has 4 aromatic rings. The van der Waals surface area contributed by atoms with E-state index in [4.69, 9.17) is 4.99 Å². The van der Waals surface area contributed by atoms with E-state index in [1.807, 2.05) is 47.2 Å².